The summed E-state index contributed by atoms with van der Waals surface area (Å²) >= 11 is 1.90. The van der Waals surface area contributed by atoms with Gasteiger partial charge >= 0.3 is 0 Å². The van der Waals surface area contributed by atoms with Gasteiger partial charge in [-0.05, 0) is 89.4 Å². The Labute approximate surface area is 250 Å². The maximum atomic E-state index is 11.7. The van der Waals surface area contributed by atoms with Crippen molar-refractivity contribution in [1.29, 1.82) is 0 Å². The summed E-state index contributed by atoms with van der Waals surface area (Å²) < 4.78 is 11.0. The number of rotatable bonds is 10. The van der Waals surface area contributed by atoms with E-state index in [2.05, 4.69) is 59.5 Å². The van der Waals surface area contributed by atoms with Gasteiger partial charge in [0.2, 0.25) is 5.91 Å². The Bertz CT molecular complexity index is 1750. The van der Waals surface area contributed by atoms with Crippen molar-refractivity contribution in [3.8, 4) is 22.6 Å². The number of hydrogen-bond donors (Lipinski definition) is 1. The van der Waals surface area contributed by atoms with Crippen molar-refractivity contribution in [1.82, 2.24) is 9.88 Å². The first-order valence-electron chi connectivity index (χ1n) is 14.3. The molecule has 1 aliphatic rings. The van der Waals surface area contributed by atoms with Crippen LogP contribution in [0.3, 0.4) is 0 Å². The quantitative estimate of drug-likeness (QED) is 0.114. The molecule has 0 radical (unpaired) electrons. The molecule has 0 saturated carbocycles. The number of carbonyl (C=O) groups is 1. The van der Waals surface area contributed by atoms with Gasteiger partial charge in [0.05, 0.1) is 31.7 Å². The Balaban J connectivity index is 1.11. The monoisotopic (exact) mass is 577 g/mol. The molecule has 4 aromatic carbocycles. The standard InChI is InChI=1S/C35H35N3O3S/c1-40-32-19-24-14-16-38(22-27(24)20-33(32)41-2)15-5-17-42-28-11-8-23(9-12-28)29-13-10-26(21-34(36)39)35-30(29)18-25-6-3-4-7-31(25)37-35/h3-4,6-13,18-20H,5,14-17,21-22H2,1-2H3,(H2,36,39). The van der Waals surface area contributed by atoms with E-state index in [-0.39, 0.29) is 12.3 Å². The highest BCUT2D eigenvalue weighted by molar-refractivity contribution is 7.99. The second kappa shape index (κ2) is 12.4. The molecule has 0 fully saturated rings. The lowest BCUT2D eigenvalue weighted by atomic mass is 9.95. The van der Waals surface area contributed by atoms with Gasteiger partial charge < -0.3 is 15.2 Å². The first kappa shape index (κ1) is 28.1. The smallest absolute Gasteiger partial charge is 0.221 e. The molecule has 7 heteroatoms. The molecule has 5 aromatic rings. The first-order chi connectivity index (χ1) is 20.5. The molecule has 1 aromatic heterocycles. The third-order valence-corrected chi connectivity index (χ3v) is 9.08. The number of thioether (sulfide) groups is 1. The molecule has 0 unspecified atom stereocenters. The van der Waals surface area contributed by atoms with Crippen LogP contribution in [-0.4, -0.2) is 48.9 Å². The Hall–Kier alpha value is -4.07. The highest BCUT2D eigenvalue weighted by Crippen LogP contribution is 2.35. The largest absolute Gasteiger partial charge is 0.493 e. The van der Waals surface area contributed by atoms with Crippen molar-refractivity contribution < 1.29 is 14.3 Å². The fourth-order valence-corrected chi connectivity index (χ4v) is 6.68. The van der Waals surface area contributed by atoms with Crippen molar-refractivity contribution in [2.24, 2.45) is 5.73 Å². The van der Waals surface area contributed by atoms with E-state index in [4.69, 9.17) is 20.2 Å². The predicted octanol–water partition coefficient (Wildman–Crippen LogP) is 6.64. The van der Waals surface area contributed by atoms with E-state index in [9.17, 15) is 4.79 Å². The molecule has 2 heterocycles. The molecule has 0 atom stereocenters. The Morgan fingerprint density at radius 2 is 1.71 bits per heavy atom. The van der Waals surface area contributed by atoms with E-state index in [1.165, 1.54) is 16.0 Å². The van der Waals surface area contributed by atoms with Crippen molar-refractivity contribution in [3.63, 3.8) is 0 Å². The molecule has 2 N–H and O–H groups in total. The summed E-state index contributed by atoms with van der Waals surface area (Å²) in [4.78, 5) is 20.5. The zero-order valence-corrected chi connectivity index (χ0v) is 24.9. The van der Waals surface area contributed by atoms with Gasteiger partial charge in [0, 0.05) is 28.8 Å². The second-order valence-electron chi connectivity index (χ2n) is 10.7. The Morgan fingerprint density at radius 1 is 0.952 bits per heavy atom. The minimum absolute atomic E-state index is 0.171. The Kier molecular flexibility index (Phi) is 8.31. The topological polar surface area (TPSA) is 77.7 Å². The molecule has 0 spiro atoms. The van der Waals surface area contributed by atoms with E-state index in [0.717, 1.165) is 88.2 Å². The number of methoxy groups -OCH3 is 2. The van der Waals surface area contributed by atoms with Crippen LogP contribution < -0.4 is 15.2 Å². The van der Waals surface area contributed by atoms with Gasteiger partial charge in [0.1, 0.15) is 0 Å². The predicted molar refractivity (Wildman–Crippen MR) is 171 cm³/mol. The van der Waals surface area contributed by atoms with Crippen LogP contribution >= 0.6 is 11.8 Å². The van der Waals surface area contributed by atoms with Crippen LogP contribution in [0.1, 0.15) is 23.1 Å². The maximum Gasteiger partial charge on any atom is 0.221 e. The zero-order chi connectivity index (χ0) is 29.1. The number of nitrogens with zero attached hydrogens (tertiary/aromatic N) is 2. The van der Waals surface area contributed by atoms with Crippen LogP contribution in [0, 0.1) is 0 Å². The number of aromatic nitrogens is 1. The van der Waals surface area contributed by atoms with Gasteiger partial charge in [-0.25, -0.2) is 4.98 Å². The number of pyridine rings is 1. The molecule has 214 valence electrons. The minimum Gasteiger partial charge on any atom is -0.493 e. The molecular formula is C35H35N3O3S. The van der Waals surface area contributed by atoms with Crippen molar-refractivity contribution >= 4 is 39.5 Å². The fourth-order valence-electron chi connectivity index (χ4n) is 5.84. The van der Waals surface area contributed by atoms with Gasteiger partial charge in [0.15, 0.2) is 11.5 Å². The van der Waals surface area contributed by atoms with Gasteiger partial charge in [-0.15, -0.1) is 11.8 Å². The van der Waals surface area contributed by atoms with Gasteiger partial charge in [0.25, 0.3) is 0 Å². The van der Waals surface area contributed by atoms with E-state index < -0.39 is 0 Å². The summed E-state index contributed by atoms with van der Waals surface area (Å²) in [7, 11) is 3.38. The minimum atomic E-state index is -0.355. The molecular weight excluding hydrogens is 542 g/mol. The van der Waals surface area contributed by atoms with Crippen molar-refractivity contribution in [2.75, 3.05) is 33.1 Å². The second-order valence-corrected chi connectivity index (χ2v) is 11.9. The van der Waals surface area contributed by atoms with Crippen LogP contribution in [0.4, 0.5) is 0 Å². The number of benzene rings is 4. The maximum absolute atomic E-state index is 11.7. The van der Waals surface area contributed by atoms with E-state index in [1.54, 1.807) is 14.2 Å². The highest BCUT2D eigenvalue weighted by atomic mass is 32.2. The average Bonchev–Trinajstić information content (AvgIpc) is 3.01. The van der Waals surface area contributed by atoms with Crippen LogP contribution in [0.25, 0.3) is 32.9 Å². The lowest BCUT2D eigenvalue weighted by Gasteiger charge is -2.29. The lowest BCUT2D eigenvalue weighted by molar-refractivity contribution is -0.117. The summed E-state index contributed by atoms with van der Waals surface area (Å²) in [5.41, 5.74) is 13.1. The van der Waals surface area contributed by atoms with Gasteiger partial charge in [-0.3, -0.25) is 9.69 Å². The third-order valence-electron chi connectivity index (χ3n) is 7.98. The zero-order valence-electron chi connectivity index (χ0n) is 24.1. The molecule has 1 aliphatic heterocycles. The number of amides is 1. The first-order valence-corrected chi connectivity index (χ1v) is 15.3. The van der Waals surface area contributed by atoms with Crippen molar-refractivity contribution in [2.45, 2.75) is 30.7 Å². The number of carbonyl (C=O) groups excluding carboxylic acids is 1. The Morgan fingerprint density at radius 3 is 2.48 bits per heavy atom. The number of fused-ring (bicyclic) bond motifs is 3. The van der Waals surface area contributed by atoms with Gasteiger partial charge in [-0.2, -0.15) is 0 Å². The van der Waals surface area contributed by atoms with Crippen LogP contribution in [0.15, 0.2) is 83.8 Å². The number of hydrogen-bond acceptors (Lipinski definition) is 6. The van der Waals surface area contributed by atoms with Gasteiger partial charge in [-0.1, -0.05) is 42.5 Å². The molecule has 6 nitrogen and oxygen atoms in total. The summed E-state index contributed by atoms with van der Waals surface area (Å²) in [5.74, 6) is 2.32. The molecule has 0 saturated heterocycles. The molecule has 0 bridgehead atoms. The summed E-state index contributed by atoms with van der Waals surface area (Å²) in [6.07, 6.45) is 2.33. The highest BCUT2D eigenvalue weighted by Gasteiger charge is 2.19. The molecule has 6 rings (SSSR count). The molecule has 0 aliphatic carbocycles. The van der Waals surface area contributed by atoms with Crippen LogP contribution in [-0.2, 0) is 24.2 Å². The number of nitrogens with two attached hydrogens (primary N) is 1. The third kappa shape index (κ3) is 5.94. The molecule has 42 heavy (non-hydrogen) atoms. The summed E-state index contributed by atoms with van der Waals surface area (Å²) in [6.45, 7) is 3.09. The molecule has 1 amide bonds. The van der Waals surface area contributed by atoms with E-state index >= 15 is 0 Å². The van der Waals surface area contributed by atoms with E-state index in [0.29, 0.717) is 0 Å². The normalized spacial score (nSPS) is 13.3. The average molecular weight is 578 g/mol. The summed E-state index contributed by atoms with van der Waals surface area (Å²) in [6, 6.07) is 27.3. The van der Waals surface area contributed by atoms with Crippen LogP contribution in [0.2, 0.25) is 0 Å². The van der Waals surface area contributed by atoms with Crippen LogP contribution in [0.5, 0.6) is 11.5 Å². The number of primary amides is 1. The number of para-hydroxylation sites is 1. The van der Waals surface area contributed by atoms with E-state index in [1.807, 2.05) is 36.0 Å². The van der Waals surface area contributed by atoms with Crippen molar-refractivity contribution in [3.05, 3.63) is 95.6 Å². The summed E-state index contributed by atoms with van der Waals surface area (Å²) in [5, 5.41) is 2.11. The lowest BCUT2D eigenvalue weighted by Crippen LogP contribution is -2.31. The number of ether oxygens (including phenoxy) is 2. The SMILES string of the molecule is COc1cc2c(cc1OC)CN(CCCSc1ccc(-c3ccc(CC(N)=O)c4nc5ccccc5cc34)cc1)CC2. The fraction of sp³-hybridized carbons (Fsp3) is 0.257.